The minimum absolute atomic E-state index is 0.00864. The third-order valence-corrected chi connectivity index (χ3v) is 7.31. The summed E-state index contributed by atoms with van der Waals surface area (Å²) in [6, 6.07) is 9.20. The number of aryl methyl sites for hydroxylation is 1. The normalized spacial score (nSPS) is 16.3. The maximum absolute atomic E-state index is 13.4. The molecule has 2 saturated heterocycles. The molecule has 37 heavy (non-hydrogen) atoms. The van der Waals surface area contributed by atoms with Gasteiger partial charge >= 0.3 is 0 Å². The van der Waals surface area contributed by atoms with Gasteiger partial charge in [-0.2, -0.15) is 5.10 Å². The molecule has 0 saturated carbocycles. The van der Waals surface area contributed by atoms with E-state index in [1.165, 1.54) is 30.5 Å². The first kappa shape index (κ1) is 22.9. The highest BCUT2D eigenvalue weighted by Gasteiger charge is 2.56. The molecule has 11 nitrogen and oxygen atoms in total. The fraction of sp³-hybridized carbons (Fsp3) is 0.308. The Kier molecular flexibility index (Phi) is 5.28. The summed E-state index contributed by atoms with van der Waals surface area (Å²) in [7, 11) is 1.49. The maximum Gasteiger partial charge on any atom is 0.295 e. The number of likely N-dealkylation sites (tertiary alicyclic amines) is 1. The fourth-order valence-electron chi connectivity index (χ4n) is 5.16. The lowest BCUT2D eigenvalue weighted by atomic mass is 9.95. The van der Waals surface area contributed by atoms with Crippen molar-refractivity contribution in [2.45, 2.75) is 25.3 Å². The molecular formula is C26H25N7O4. The predicted octanol–water partition coefficient (Wildman–Crippen LogP) is 2.16. The minimum atomic E-state index is -0.625. The van der Waals surface area contributed by atoms with Gasteiger partial charge in [0.05, 0.1) is 35.3 Å². The van der Waals surface area contributed by atoms with Gasteiger partial charge < -0.3 is 19.5 Å². The van der Waals surface area contributed by atoms with Crippen molar-refractivity contribution in [3.05, 3.63) is 66.0 Å². The molecule has 5 heterocycles. The standard InChI is InChI=1S/C26H25N7O4/c1-16-29-15-33(30-16)23-21-20(19(37-2)13-28-23)18(12-27-21)22(34)25(36)31-10-8-26(9-11-31)14-32(26)24(35)17-6-4-3-5-7-17/h3-7,12-13,15,27H,8-11,14H2,1-2H3. The number of Topliss-reactive ketones (excluding diaryl/α,β-unsaturated/α-hetero) is 1. The maximum atomic E-state index is 13.4. The third kappa shape index (κ3) is 3.74. The molecule has 11 heteroatoms. The first-order chi connectivity index (χ1) is 17.9. The Labute approximate surface area is 212 Å². The van der Waals surface area contributed by atoms with Crippen LogP contribution in [0, 0.1) is 6.92 Å². The number of H-pyrrole nitrogens is 1. The molecule has 1 N–H and O–H groups in total. The third-order valence-electron chi connectivity index (χ3n) is 7.31. The summed E-state index contributed by atoms with van der Waals surface area (Å²) in [6.07, 6.45) is 5.82. The lowest BCUT2D eigenvalue weighted by Crippen LogP contribution is -2.46. The van der Waals surface area contributed by atoms with E-state index in [9.17, 15) is 14.4 Å². The van der Waals surface area contributed by atoms with E-state index >= 15 is 0 Å². The Hall–Kier alpha value is -4.54. The van der Waals surface area contributed by atoms with E-state index in [1.54, 1.807) is 11.8 Å². The highest BCUT2D eigenvalue weighted by molar-refractivity contribution is 6.45. The zero-order valence-corrected chi connectivity index (χ0v) is 20.5. The smallest absolute Gasteiger partial charge is 0.295 e. The summed E-state index contributed by atoms with van der Waals surface area (Å²) in [5.41, 5.74) is 1.17. The van der Waals surface area contributed by atoms with Crippen molar-refractivity contribution in [3.63, 3.8) is 0 Å². The predicted molar refractivity (Wildman–Crippen MR) is 133 cm³/mol. The average Bonchev–Trinajstić information content (AvgIpc) is 3.23. The van der Waals surface area contributed by atoms with Gasteiger partial charge in [0.15, 0.2) is 5.82 Å². The van der Waals surface area contributed by atoms with Gasteiger partial charge in [0.2, 0.25) is 0 Å². The number of benzene rings is 1. The molecular weight excluding hydrogens is 474 g/mol. The molecule has 0 bridgehead atoms. The first-order valence-electron chi connectivity index (χ1n) is 12.1. The molecule has 3 aromatic heterocycles. The number of aromatic amines is 1. The van der Waals surface area contributed by atoms with Crippen LogP contribution in [0.1, 0.15) is 39.4 Å². The van der Waals surface area contributed by atoms with Crippen molar-refractivity contribution in [1.82, 2.24) is 34.5 Å². The summed E-state index contributed by atoms with van der Waals surface area (Å²) in [4.78, 5) is 54.5. The number of piperidine rings is 1. The summed E-state index contributed by atoms with van der Waals surface area (Å²) in [5, 5.41) is 4.77. The van der Waals surface area contributed by atoms with Crippen molar-refractivity contribution < 1.29 is 19.1 Å². The van der Waals surface area contributed by atoms with Gasteiger partial charge in [0.1, 0.15) is 17.9 Å². The van der Waals surface area contributed by atoms with E-state index in [4.69, 9.17) is 4.74 Å². The topological polar surface area (TPSA) is 126 Å². The number of pyridine rings is 1. The summed E-state index contributed by atoms with van der Waals surface area (Å²) >= 11 is 0. The molecule has 0 aliphatic carbocycles. The van der Waals surface area contributed by atoms with Crippen LogP contribution in [0.4, 0.5) is 0 Å². The van der Waals surface area contributed by atoms with Crippen LogP contribution < -0.4 is 4.74 Å². The van der Waals surface area contributed by atoms with Gasteiger partial charge in [-0.25, -0.2) is 14.6 Å². The van der Waals surface area contributed by atoms with Gasteiger partial charge in [0, 0.05) is 31.4 Å². The van der Waals surface area contributed by atoms with Crippen LogP contribution in [-0.4, -0.2) is 84.4 Å². The Bertz CT molecular complexity index is 1530. The van der Waals surface area contributed by atoms with Crippen molar-refractivity contribution in [1.29, 1.82) is 0 Å². The van der Waals surface area contributed by atoms with Crippen LogP contribution in [0.15, 0.2) is 49.1 Å². The molecule has 0 atom stereocenters. The molecule has 2 aliphatic heterocycles. The quantitative estimate of drug-likeness (QED) is 0.253. The number of ether oxygens (including phenoxy) is 1. The summed E-state index contributed by atoms with van der Waals surface area (Å²) < 4.78 is 6.97. The Morgan fingerprint density at radius 1 is 1.08 bits per heavy atom. The van der Waals surface area contributed by atoms with E-state index in [2.05, 4.69) is 20.1 Å². The SMILES string of the molecule is COc1cnc(-n2cnc(C)n2)c2[nH]cc(C(=O)C(=O)N3CCC4(CC3)CN4C(=O)c3ccccc3)c12. The number of nitrogens with zero attached hydrogens (tertiary/aromatic N) is 6. The van der Waals surface area contributed by atoms with Crippen LogP contribution in [0.25, 0.3) is 16.7 Å². The van der Waals surface area contributed by atoms with Gasteiger partial charge in [-0.05, 0) is 31.9 Å². The lowest BCUT2D eigenvalue weighted by molar-refractivity contribution is -0.127. The van der Waals surface area contributed by atoms with Crippen molar-refractivity contribution in [3.8, 4) is 11.6 Å². The van der Waals surface area contributed by atoms with E-state index in [0.29, 0.717) is 66.3 Å². The van der Waals surface area contributed by atoms with E-state index < -0.39 is 11.7 Å². The molecule has 1 aromatic carbocycles. The second kappa shape index (κ2) is 8.54. The zero-order valence-electron chi connectivity index (χ0n) is 20.5. The van der Waals surface area contributed by atoms with Crippen LogP contribution in [-0.2, 0) is 4.79 Å². The van der Waals surface area contributed by atoms with Gasteiger partial charge in [-0.15, -0.1) is 0 Å². The average molecular weight is 500 g/mol. The largest absolute Gasteiger partial charge is 0.494 e. The highest BCUT2D eigenvalue weighted by Crippen LogP contribution is 2.43. The molecule has 2 aliphatic rings. The Morgan fingerprint density at radius 3 is 2.51 bits per heavy atom. The number of hydrogen-bond donors (Lipinski definition) is 1. The molecule has 0 unspecified atom stereocenters. The molecule has 1 spiro atoms. The molecule has 2 amide bonds. The molecule has 6 rings (SSSR count). The summed E-state index contributed by atoms with van der Waals surface area (Å²) in [5.74, 6) is 0.203. The van der Waals surface area contributed by atoms with E-state index in [-0.39, 0.29) is 17.0 Å². The number of aromatic nitrogens is 5. The second-order valence-corrected chi connectivity index (χ2v) is 9.44. The number of carbonyl (C=O) groups is 3. The lowest BCUT2D eigenvalue weighted by Gasteiger charge is -2.32. The number of fused-ring (bicyclic) bond motifs is 1. The van der Waals surface area contributed by atoms with E-state index in [0.717, 1.165) is 0 Å². The van der Waals surface area contributed by atoms with Crippen LogP contribution in [0.2, 0.25) is 0 Å². The molecule has 0 radical (unpaired) electrons. The van der Waals surface area contributed by atoms with Gasteiger partial charge in [-0.1, -0.05) is 18.2 Å². The number of methoxy groups -OCH3 is 1. The number of amides is 2. The number of carbonyl (C=O) groups excluding carboxylic acids is 3. The van der Waals surface area contributed by atoms with Crippen molar-refractivity contribution in [2.75, 3.05) is 26.7 Å². The Morgan fingerprint density at radius 2 is 1.84 bits per heavy atom. The first-order valence-corrected chi connectivity index (χ1v) is 12.1. The van der Waals surface area contributed by atoms with Crippen molar-refractivity contribution in [2.24, 2.45) is 0 Å². The molecule has 188 valence electrons. The molecule has 2 fully saturated rings. The number of ketones is 1. The van der Waals surface area contributed by atoms with Gasteiger partial charge in [-0.3, -0.25) is 14.4 Å². The summed E-state index contributed by atoms with van der Waals surface area (Å²) in [6.45, 7) is 3.26. The monoisotopic (exact) mass is 499 g/mol. The van der Waals surface area contributed by atoms with Crippen LogP contribution in [0.5, 0.6) is 5.75 Å². The van der Waals surface area contributed by atoms with Crippen molar-refractivity contribution >= 4 is 28.5 Å². The molecule has 4 aromatic rings. The van der Waals surface area contributed by atoms with Crippen LogP contribution in [0.3, 0.4) is 0 Å². The minimum Gasteiger partial charge on any atom is -0.494 e. The Balaban J connectivity index is 1.20. The second-order valence-electron chi connectivity index (χ2n) is 9.44. The zero-order chi connectivity index (χ0) is 25.7. The van der Waals surface area contributed by atoms with Gasteiger partial charge in [0.25, 0.3) is 17.6 Å². The number of nitrogens with one attached hydrogen (secondary N) is 1. The van der Waals surface area contributed by atoms with E-state index in [1.807, 2.05) is 35.2 Å². The number of hydrogen-bond acceptors (Lipinski definition) is 7. The number of rotatable bonds is 5. The highest BCUT2D eigenvalue weighted by atomic mass is 16.5. The van der Waals surface area contributed by atoms with Crippen LogP contribution >= 0.6 is 0 Å². The fourth-order valence-corrected chi connectivity index (χ4v) is 5.16.